The van der Waals surface area contributed by atoms with Crippen LogP contribution in [-0.4, -0.2) is 5.16 Å². The second kappa shape index (κ2) is 1.32. The van der Waals surface area contributed by atoms with E-state index >= 15 is 0 Å². The Bertz CT molecular complexity index is 234. The van der Waals surface area contributed by atoms with Crippen LogP contribution in [0.2, 0.25) is 0 Å². The van der Waals surface area contributed by atoms with Gasteiger partial charge in [0.2, 0.25) is 0 Å². The predicted octanol–water partition coefficient (Wildman–Crippen LogP) is 1.89. The van der Waals surface area contributed by atoms with E-state index in [0.717, 1.165) is 10.2 Å². The lowest BCUT2D eigenvalue weighted by molar-refractivity contribution is 0.429. The van der Waals surface area contributed by atoms with Crippen molar-refractivity contribution >= 4 is 21.6 Å². The van der Waals surface area contributed by atoms with Gasteiger partial charge in [0.05, 0.1) is 5.39 Å². The third-order valence-corrected chi connectivity index (χ3v) is 1.80. The smallest absolute Gasteiger partial charge is 0.166 e. The summed E-state index contributed by atoms with van der Waals surface area (Å²) in [7, 11) is 0. The highest BCUT2D eigenvalue weighted by Gasteiger charge is 1.94. The van der Waals surface area contributed by atoms with Gasteiger partial charge in [-0.2, -0.15) is 0 Å². The van der Waals surface area contributed by atoms with E-state index in [2.05, 4.69) is 9.68 Å². The Morgan fingerprint density at radius 3 is 3.50 bits per heavy atom. The minimum atomic E-state index is 0.977. The van der Waals surface area contributed by atoms with Gasteiger partial charge in [0, 0.05) is 0 Å². The minimum absolute atomic E-state index is 0.977. The number of aromatic nitrogens is 1. The fraction of sp³-hybridized carbons (Fsp3) is 0. The van der Waals surface area contributed by atoms with Gasteiger partial charge in [-0.05, 0) is 11.4 Å². The standard InChI is InChI=1S/C5H3NOS/c1-2-8-5-4(1)3-7-6-5/h1-3H. The first kappa shape index (κ1) is 4.09. The number of hydrogen-bond acceptors (Lipinski definition) is 3. The van der Waals surface area contributed by atoms with Gasteiger partial charge >= 0.3 is 0 Å². The van der Waals surface area contributed by atoms with E-state index in [-0.39, 0.29) is 0 Å². The molecule has 40 valence electrons. The van der Waals surface area contributed by atoms with E-state index in [4.69, 9.17) is 0 Å². The number of fused-ring (bicyclic) bond motifs is 1. The van der Waals surface area contributed by atoms with Crippen molar-refractivity contribution < 1.29 is 4.52 Å². The summed E-state index contributed by atoms with van der Waals surface area (Å²) in [4.78, 5) is 0.977. The molecule has 0 unspecified atom stereocenters. The molecular weight excluding hydrogens is 122 g/mol. The Balaban J connectivity index is 3.06. The van der Waals surface area contributed by atoms with Gasteiger partial charge in [0.15, 0.2) is 4.83 Å². The Labute approximate surface area is 49.7 Å². The van der Waals surface area contributed by atoms with Gasteiger partial charge in [-0.3, -0.25) is 0 Å². The van der Waals surface area contributed by atoms with Gasteiger partial charge in [0.25, 0.3) is 0 Å². The first-order chi connectivity index (χ1) is 3.97. The van der Waals surface area contributed by atoms with Crippen molar-refractivity contribution in [3.05, 3.63) is 17.7 Å². The largest absolute Gasteiger partial charge is 0.363 e. The van der Waals surface area contributed by atoms with Crippen LogP contribution >= 0.6 is 11.3 Å². The van der Waals surface area contributed by atoms with Gasteiger partial charge < -0.3 is 4.52 Å². The fourth-order valence-electron chi connectivity index (χ4n) is 0.606. The zero-order chi connectivity index (χ0) is 5.40. The predicted molar refractivity (Wildman–Crippen MR) is 31.9 cm³/mol. The van der Waals surface area contributed by atoms with E-state index in [1.807, 2.05) is 11.4 Å². The van der Waals surface area contributed by atoms with Crippen molar-refractivity contribution in [2.45, 2.75) is 0 Å². The molecule has 2 aromatic heterocycles. The molecule has 0 spiro atoms. The lowest BCUT2D eigenvalue weighted by Gasteiger charge is -1.58. The van der Waals surface area contributed by atoms with Gasteiger partial charge in [0.1, 0.15) is 6.26 Å². The van der Waals surface area contributed by atoms with E-state index in [9.17, 15) is 0 Å². The lowest BCUT2D eigenvalue weighted by atomic mass is 10.5. The van der Waals surface area contributed by atoms with Crippen molar-refractivity contribution in [1.29, 1.82) is 0 Å². The summed E-state index contributed by atoms with van der Waals surface area (Å²) < 4.78 is 4.67. The molecule has 3 heteroatoms. The van der Waals surface area contributed by atoms with Crippen LogP contribution in [0.25, 0.3) is 10.2 Å². The normalized spacial score (nSPS) is 10.5. The highest BCUT2D eigenvalue weighted by Crippen LogP contribution is 2.17. The van der Waals surface area contributed by atoms with Crippen LogP contribution in [0, 0.1) is 0 Å². The second-order valence-electron chi connectivity index (χ2n) is 1.50. The highest BCUT2D eigenvalue weighted by atomic mass is 32.1. The lowest BCUT2D eigenvalue weighted by Crippen LogP contribution is -1.46. The zero-order valence-electron chi connectivity index (χ0n) is 4.00. The summed E-state index contributed by atoms with van der Waals surface area (Å²) in [6, 6.07) is 1.98. The van der Waals surface area contributed by atoms with Crippen LogP contribution in [-0.2, 0) is 0 Å². The van der Waals surface area contributed by atoms with Crippen LogP contribution in [0.4, 0.5) is 0 Å². The molecule has 2 aromatic rings. The molecule has 0 aliphatic carbocycles. The summed E-state index contributed by atoms with van der Waals surface area (Å²) in [5.41, 5.74) is 0. The molecule has 0 radical (unpaired) electrons. The zero-order valence-corrected chi connectivity index (χ0v) is 4.81. The maximum atomic E-state index is 4.67. The number of nitrogens with zero attached hydrogens (tertiary/aromatic N) is 1. The average Bonchev–Trinajstić information content (AvgIpc) is 2.15. The van der Waals surface area contributed by atoms with Gasteiger partial charge in [-0.25, -0.2) is 0 Å². The van der Waals surface area contributed by atoms with E-state index < -0.39 is 0 Å². The summed E-state index contributed by atoms with van der Waals surface area (Å²) in [6.45, 7) is 0. The van der Waals surface area contributed by atoms with Crippen LogP contribution in [0.15, 0.2) is 22.2 Å². The minimum Gasteiger partial charge on any atom is -0.363 e. The van der Waals surface area contributed by atoms with Crippen LogP contribution < -0.4 is 0 Å². The Morgan fingerprint density at radius 2 is 2.62 bits per heavy atom. The van der Waals surface area contributed by atoms with Crippen LogP contribution in [0.1, 0.15) is 0 Å². The molecule has 0 amide bonds. The molecule has 2 rings (SSSR count). The maximum Gasteiger partial charge on any atom is 0.166 e. The summed E-state index contributed by atoms with van der Waals surface area (Å²) in [5, 5.41) is 6.81. The topological polar surface area (TPSA) is 26.0 Å². The molecule has 8 heavy (non-hydrogen) atoms. The molecule has 0 N–H and O–H groups in total. The third kappa shape index (κ3) is 0.391. The van der Waals surface area contributed by atoms with Crippen molar-refractivity contribution in [3.63, 3.8) is 0 Å². The van der Waals surface area contributed by atoms with E-state index in [1.165, 1.54) is 0 Å². The highest BCUT2D eigenvalue weighted by molar-refractivity contribution is 7.16. The fourth-order valence-corrected chi connectivity index (χ4v) is 1.29. The van der Waals surface area contributed by atoms with E-state index in [1.54, 1.807) is 17.6 Å². The molecule has 0 fully saturated rings. The molecule has 0 atom stereocenters. The molecule has 0 saturated carbocycles. The Kier molecular flexibility index (Phi) is 0.676. The molecule has 0 saturated heterocycles. The molecule has 2 heterocycles. The number of thiophene rings is 1. The SMILES string of the molecule is c1cc2conc2s1. The monoisotopic (exact) mass is 125 g/mol. The summed E-state index contributed by atoms with van der Waals surface area (Å²) >= 11 is 1.59. The number of rotatable bonds is 0. The first-order valence-corrected chi connectivity index (χ1v) is 3.12. The summed E-state index contributed by atoms with van der Waals surface area (Å²) in [6.07, 6.45) is 1.64. The van der Waals surface area contributed by atoms with Crippen molar-refractivity contribution in [1.82, 2.24) is 5.16 Å². The van der Waals surface area contributed by atoms with Gasteiger partial charge in [-0.15, -0.1) is 11.3 Å². The van der Waals surface area contributed by atoms with E-state index in [0.29, 0.717) is 0 Å². The summed E-state index contributed by atoms with van der Waals surface area (Å²) in [5.74, 6) is 0. The molecule has 0 aromatic carbocycles. The second-order valence-corrected chi connectivity index (χ2v) is 2.39. The molecule has 0 aliphatic heterocycles. The number of hydrogen-bond donors (Lipinski definition) is 0. The average molecular weight is 125 g/mol. The molecule has 0 bridgehead atoms. The Hall–Kier alpha value is -0.830. The maximum absolute atomic E-state index is 4.67. The first-order valence-electron chi connectivity index (χ1n) is 2.24. The molecule has 0 aliphatic rings. The van der Waals surface area contributed by atoms with Crippen molar-refractivity contribution in [3.8, 4) is 0 Å². The Morgan fingerprint density at radius 1 is 1.62 bits per heavy atom. The third-order valence-electron chi connectivity index (χ3n) is 0.990. The molecule has 2 nitrogen and oxygen atoms in total. The van der Waals surface area contributed by atoms with Gasteiger partial charge in [-0.1, -0.05) is 5.16 Å². The van der Waals surface area contributed by atoms with Crippen LogP contribution in [0.3, 0.4) is 0 Å². The van der Waals surface area contributed by atoms with Crippen molar-refractivity contribution in [2.24, 2.45) is 0 Å². The van der Waals surface area contributed by atoms with Crippen LogP contribution in [0.5, 0.6) is 0 Å². The van der Waals surface area contributed by atoms with Crippen molar-refractivity contribution in [2.75, 3.05) is 0 Å². The molecular formula is C5H3NOS. The quantitative estimate of drug-likeness (QED) is 0.537.